The number of aryl methyl sites for hydroxylation is 1. The number of aliphatic hydroxyl groups excluding tert-OH is 1. The normalized spacial score (nSPS) is 22.9. The first-order valence-corrected chi connectivity index (χ1v) is 6.01. The summed E-state index contributed by atoms with van der Waals surface area (Å²) in [5.41, 5.74) is 8.48. The zero-order valence-electron chi connectivity index (χ0n) is 10.2. The van der Waals surface area contributed by atoms with Crippen LogP contribution in [0.2, 0.25) is 0 Å². The molecule has 0 bridgehead atoms. The predicted octanol–water partition coefficient (Wildman–Crippen LogP) is 1.69. The topological polar surface area (TPSA) is 46.2 Å². The molecular formula is C14H20NORe-. The van der Waals surface area contributed by atoms with Gasteiger partial charge in [-0.15, -0.1) is 0 Å². The second-order valence-corrected chi connectivity index (χ2v) is 5.15. The monoisotopic (exact) mass is 405 g/mol. The van der Waals surface area contributed by atoms with Crippen molar-refractivity contribution in [2.24, 2.45) is 11.7 Å². The van der Waals surface area contributed by atoms with E-state index in [4.69, 9.17) is 5.73 Å². The van der Waals surface area contributed by atoms with Crippen LogP contribution in [-0.2, 0) is 33.3 Å². The molecule has 0 spiro atoms. The molecule has 1 aliphatic rings. The van der Waals surface area contributed by atoms with E-state index in [2.05, 4.69) is 18.2 Å². The van der Waals surface area contributed by atoms with Crippen LogP contribution in [0.15, 0.2) is 18.2 Å². The van der Waals surface area contributed by atoms with Gasteiger partial charge < -0.3 is 10.8 Å². The van der Waals surface area contributed by atoms with Gasteiger partial charge in [0.25, 0.3) is 0 Å². The van der Waals surface area contributed by atoms with E-state index in [1.54, 1.807) is 0 Å². The van der Waals surface area contributed by atoms with Crippen molar-refractivity contribution in [3.05, 3.63) is 35.4 Å². The first-order chi connectivity index (χ1) is 7.63. The van der Waals surface area contributed by atoms with Gasteiger partial charge in [0.1, 0.15) is 0 Å². The minimum atomic E-state index is -0.457. The molecule has 0 heterocycles. The van der Waals surface area contributed by atoms with Crippen molar-refractivity contribution in [2.75, 3.05) is 6.61 Å². The largest absolute Gasteiger partial charge is 0.394 e. The van der Waals surface area contributed by atoms with Crippen LogP contribution in [0.1, 0.15) is 30.9 Å². The predicted molar refractivity (Wildman–Crippen MR) is 65.1 cm³/mol. The van der Waals surface area contributed by atoms with E-state index in [1.165, 1.54) is 11.1 Å². The average molecular weight is 405 g/mol. The summed E-state index contributed by atoms with van der Waals surface area (Å²) >= 11 is 0. The first-order valence-electron chi connectivity index (χ1n) is 6.01. The van der Waals surface area contributed by atoms with E-state index in [9.17, 15) is 5.11 Å². The summed E-state index contributed by atoms with van der Waals surface area (Å²) in [6.45, 7) is 2.02. The summed E-state index contributed by atoms with van der Waals surface area (Å²) in [4.78, 5) is 0. The summed E-state index contributed by atoms with van der Waals surface area (Å²) < 4.78 is 0. The van der Waals surface area contributed by atoms with Crippen LogP contribution < -0.4 is 5.73 Å². The third-order valence-corrected chi connectivity index (χ3v) is 3.79. The fourth-order valence-electron chi connectivity index (χ4n) is 2.53. The smallest absolute Gasteiger partial charge is 0.0611 e. The Morgan fingerprint density at radius 1 is 1.53 bits per heavy atom. The van der Waals surface area contributed by atoms with Crippen molar-refractivity contribution >= 4 is 0 Å². The molecule has 0 fully saturated rings. The van der Waals surface area contributed by atoms with Crippen molar-refractivity contribution in [2.45, 2.75) is 38.1 Å². The Hall–Kier alpha value is -0.198. The molecule has 2 nitrogen and oxygen atoms in total. The minimum absolute atomic E-state index is 0. The second-order valence-electron chi connectivity index (χ2n) is 5.15. The second kappa shape index (κ2) is 6.11. The maximum absolute atomic E-state index is 9.35. The Kier molecular flexibility index (Phi) is 5.34. The molecule has 0 aromatic heterocycles. The number of benzene rings is 1. The molecule has 95 valence electrons. The van der Waals surface area contributed by atoms with Crippen LogP contribution in [0.3, 0.4) is 0 Å². The zero-order valence-corrected chi connectivity index (χ0v) is 13.0. The van der Waals surface area contributed by atoms with Crippen LogP contribution >= 0.6 is 0 Å². The molecule has 1 aliphatic carbocycles. The number of hydrogen-bond acceptors (Lipinski definition) is 2. The van der Waals surface area contributed by atoms with E-state index in [-0.39, 0.29) is 27.0 Å². The minimum Gasteiger partial charge on any atom is -0.394 e. The van der Waals surface area contributed by atoms with Gasteiger partial charge in [0.15, 0.2) is 0 Å². The molecule has 1 radical (unpaired) electrons. The maximum Gasteiger partial charge on any atom is 0.0611 e. The zero-order chi connectivity index (χ0) is 11.6. The van der Waals surface area contributed by atoms with E-state index < -0.39 is 5.54 Å². The summed E-state index contributed by atoms with van der Waals surface area (Å²) in [6, 6.07) is 9.33. The molecule has 0 saturated carbocycles. The van der Waals surface area contributed by atoms with E-state index in [0.717, 1.165) is 25.7 Å². The summed E-state index contributed by atoms with van der Waals surface area (Å²) in [5.74, 6) is 0.376. The first kappa shape index (κ1) is 14.9. The van der Waals surface area contributed by atoms with Crippen LogP contribution in [0.4, 0.5) is 0 Å². The van der Waals surface area contributed by atoms with Crippen LogP contribution in [0, 0.1) is 12.0 Å². The summed E-state index contributed by atoms with van der Waals surface area (Å²) in [5, 5.41) is 9.35. The standard InChI is InChI=1S/C14H20NO.Re/c1-14(15,10-16)13-8-4-7-11-5-2-3-6-12(11)9-13;/h3,5-6,13,16H,4,7-10,15H2,1H3;/q-1;. The number of hydrogen-bond donors (Lipinski definition) is 2. The van der Waals surface area contributed by atoms with Gasteiger partial charge in [0.2, 0.25) is 0 Å². The molecule has 3 heteroatoms. The van der Waals surface area contributed by atoms with E-state index >= 15 is 0 Å². The molecule has 1 aromatic rings. The third kappa shape index (κ3) is 3.39. The van der Waals surface area contributed by atoms with Gasteiger partial charge in [-0.05, 0) is 25.7 Å². The molecule has 1 aromatic carbocycles. The van der Waals surface area contributed by atoms with Gasteiger partial charge in [-0.2, -0.15) is 35.4 Å². The van der Waals surface area contributed by atoms with Crippen molar-refractivity contribution < 1.29 is 25.5 Å². The third-order valence-electron chi connectivity index (χ3n) is 3.79. The van der Waals surface area contributed by atoms with Crippen molar-refractivity contribution in [1.29, 1.82) is 0 Å². The van der Waals surface area contributed by atoms with Gasteiger partial charge in [-0.25, -0.2) is 0 Å². The molecule has 0 saturated heterocycles. The van der Waals surface area contributed by atoms with Crippen molar-refractivity contribution in [1.82, 2.24) is 0 Å². The molecule has 2 rings (SSSR count). The van der Waals surface area contributed by atoms with Gasteiger partial charge in [0, 0.05) is 26.0 Å². The average Bonchev–Trinajstić information content (AvgIpc) is 2.51. The van der Waals surface area contributed by atoms with Gasteiger partial charge in [0.05, 0.1) is 6.61 Å². The van der Waals surface area contributed by atoms with E-state index in [1.807, 2.05) is 13.0 Å². The summed E-state index contributed by atoms with van der Waals surface area (Å²) in [6.07, 6.45) is 4.35. The van der Waals surface area contributed by atoms with Crippen LogP contribution in [0.25, 0.3) is 0 Å². The Labute approximate surface area is 117 Å². The maximum atomic E-state index is 9.35. The Morgan fingerprint density at radius 2 is 2.29 bits per heavy atom. The van der Waals surface area contributed by atoms with Gasteiger partial charge >= 0.3 is 0 Å². The Morgan fingerprint density at radius 3 is 3.00 bits per heavy atom. The molecule has 0 amide bonds. The number of nitrogens with two attached hydrogens (primary N) is 1. The van der Waals surface area contributed by atoms with Crippen molar-refractivity contribution in [3.8, 4) is 0 Å². The molecule has 2 atom stereocenters. The number of fused-ring (bicyclic) bond motifs is 1. The molecule has 3 N–H and O–H groups in total. The van der Waals surface area contributed by atoms with Gasteiger partial charge in [-0.1, -0.05) is 12.8 Å². The van der Waals surface area contributed by atoms with E-state index in [0.29, 0.717) is 5.92 Å². The van der Waals surface area contributed by atoms with Gasteiger partial charge in [-0.3, -0.25) is 0 Å². The number of aliphatic hydroxyl groups is 1. The molecule has 17 heavy (non-hydrogen) atoms. The molecule has 2 unspecified atom stereocenters. The Balaban J connectivity index is 0.00000144. The quantitative estimate of drug-likeness (QED) is 0.582. The number of rotatable bonds is 2. The van der Waals surface area contributed by atoms with Crippen LogP contribution in [0.5, 0.6) is 0 Å². The van der Waals surface area contributed by atoms with Crippen LogP contribution in [-0.4, -0.2) is 17.3 Å². The molecule has 0 aliphatic heterocycles. The SMILES string of the molecule is CC(N)(CO)C1CCCc2c[c-]ccc2C1.[Re]. The fourth-order valence-corrected chi connectivity index (χ4v) is 2.53. The fraction of sp³-hybridized carbons (Fsp3) is 0.571. The van der Waals surface area contributed by atoms with Crippen molar-refractivity contribution in [3.63, 3.8) is 0 Å². The Bertz CT molecular complexity index is 365. The summed E-state index contributed by atoms with van der Waals surface area (Å²) in [7, 11) is 0. The molecular weight excluding hydrogens is 384 g/mol.